The maximum absolute atomic E-state index is 12.4. The molecule has 3 aromatic rings. The molecule has 0 spiro atoms. The molecule has 6 nitrogen and oxygen atoms in total. The highest BCUT2D eigenvalue weighted by Crippen LogP contribution is 2.20. The number of benzene rings is 1. The van der Waals surface area contributed by atoms with Gasteiger partial charge in [-0.3, -0.25) is 9.52 Å². The maximum atomic E-state index is 12.4. The second-order valence-corrected chi connectivity index (χ2v) is 7.15. The van der Waals surface area contributed by atoms with Crippen molar-refractivity contribution in [3.8, 4) is 11.3 Å². The molecule has 0 radical (unpaired) electrons. The van der Waals surface area contributed by atoms with E-state index >= 15 is 0 Å². The zero-order valence-electron chi connectivity index (χ0n) is 13.3. The number of sulfonamides is 1. The van der Waals surface area contributed by atoms with Crippen molar-refractivity contribution >= 4 is 39.8 Å². The van der Waals surface area contributed by atoms with Gasteiger partial charge in [-0.15, -0.1) is 24.0 Å². The van der Waals surface area contributed by atoms with Crippen LogP contribution in [0.1, 0.15) is 5.56 Å². The molecule has 2 N–H and O–H groups in total. The molecule has 3 rings (SSSR count). The van der Waals surface area contributed by atoms with Gasteiger partial charge in [0.15, 0.2) is 0 Å². The number of hydrogen-bond donors (Lipinski definition) is 2. The number of aromatic nitrogens is 2. The zero-order chi connectivity index (χ0) is 17.9. The SMILES string of the molecule is Cl.O=c1[nH]c(-c2ccc(S(=O)(=O)Nc3ccccn3)cc2)ccc1CCl. The van der Waals surface area contributed by atoms with E-state index < -0.39 is 10.0 Å². The first-order valence-electron chi connectivity index (χ1n) is 7.32. The Morgan fingerprint density at radius 2 is 1.77 bits per heavy atom. The summed E-state index contributed by atoms with van der Waals surface area (Å²) in [6.45, 7) is 0. The van der Waals surface area contributed by atoms with Gasteiger partial charge in [0.1, 0.15) is 5.82 Å². The summed E-state index contributed by atoms with van der Waals surface area (Å²) >= 11 is 5.67. The summed E-state index contributed by atoms with van der Waals surface area (Å²) in [4.78, 5) is 18.6. The summed E-state index contributed by atoms with van der Waals surface area (Å²) in [6.07, 6.45) is 1.50. The Balaban J connectivity index is 0.00000243. The van der Waals surface area contributed by atoms with E-state index in [4.69, 9.17) is 11.6 Å². The lowest BCUT2D eigenvalue weighted by Crippen LogP contribution is -2.14. The first-order chi connectivity index (χ1) is 12.0. The van der Waals surface area contributed by atoms with Crippen LogP contribution in [0.3, 0.4) is 0 Å². The second kappa shape index (κ2) is 8.35. The smallest absolute Gasteiger partial charge is 0.263 e. The van der Waals surface area contributed by atoms with Gasteiger partial charge in [0.05, 0.1) is 10.8 Å². The van der Waals surface area contributed by atoms with Crippen LogP contribution in [-0.2, 0) is 15.9 Å². The fourth-order valence-corrected chi connectivity index (χ4v) is 3.43. The summed E-state index contributed by atoms with van der Waals surface area (Å²) in [5.41, 5.74) is 1.49. The normalized spacial score (nSPS) is 10.8. The Bertz CT molecular complexity index is 1040. The highest BCUT2D eigenvalue weighted by atomic mass is 35.5. The molecule has 0 amide bonds. The van der Waals surface area contributed by atoms with Gasteiger partial charge in [0.25, 0.3) is 15.6 Å². The topological polar surface area (TPSA) is 91.9 Å². The molecule has 136 valence electrons. The molecule has 0 atom stereocenters. The van der Waals surface area contributed by atoms with Gasteiger partial charge < -0.3 is 4.98 Å². The third-order valence-electron chi connectivity index (χ3n) is 3.51. The molecule has 0 saturated heterocycles. The molecule has 0 saturated carbocycles. The molecule has 0 aliphatic rings. The molecule has 2 heterocycles. The van der Waals surface area contributed by atoms with Crippen LogP contribution in [0.25, 0.3) is 11.3 Å². The molecule has 0 bridgehead atoms. The lowest BCUT2D eigenvalue weighted by Gasteiger charge is -2.08. The van der Waals surface area contributed by atoms with Crippen molar-refractivity contribution < 1.29 is 8.42 Å². The number of halogens is 2. The van der Waals surface area contributed by atoms with Crippen LogP contribution >= 0.6 is 24.0 Å². The largest absolute Gasteiger partial charge is 0.322 e. The monoisotopic (exact) mass is 411 g/mol. The van der Waals surface area contributed by atoms with Gasteiger partial charge in [-0.05, 0) is 35.9 Å². The van der Waals surface area contributed by atoms with E-state index in [1.165, 1.54) is 18.3 Å². The molecule has 1 aromatic carbocycles. The quantitative estimate of drug-likeness (QED) is 0.629. The van der Waals surface area contributed by atoms with E-state index in [1.54, 1.807) is 42.5 Å². The van der Waals surface area contributed by atoms with Crippen LogP contribution in [0.2, 0.25) is 0 Å². The first-order valence-corrected chi connectivity index (χ1v) is 9.34. The third kappa shape index (κ3) is 4.43. The van der Waals surface area contributed by atoms with Crippen molar-refractivity contribution in [2.45, 2.75) is 10.8 Å². The lowest BCUT2D eigenvalue weighted by molar-refractivity contribution is 0.601. The number of anilines is 1. The average molecular weight is 412 g/mol. The second-order valence-electron chi connectivity index (χ2n) is 5.20. The standard InChI is InChI=1S/C17H14ClN3O3S.ClH/c18-11-13-6-9-15(20-17(13)22)12-4-7-14(8-5-12)25(23,24)21-16-3-1-2-10-19-16;/h1-10H,11H2,(H,19,21)(H,20,22);1H. The Hall–Kier alpha value is -2.35. The molecule has 2 aromatic heterocycles. The Labute approximate surface area is 161 Å². The molecule has 9 heteroatoms. The Kier molecular flexibility index (Phi) is 6.42. The van der Waals surface area contributed by atoms with E-state index in [9.17, 15) is 13.2 Å². The van der Waals surface area contributed by atoms with Crippen LogP contribution in [0.15, 0.2) is 70.5 Å². The number of nitrogens with zero attached hydrogens (tertiary/aromatic N) is 1. The van der Waals surface area contributed by atoms with Crippen molar-refractivity contribution in [3.63, 3.8) is 0 Å². The molecule has 0 fully saturated rings. The fraction of sp³-hybridized carbons (Fsp3) is 0.0588. The van der Waals surface area contributed by atoms with Gasteiger partial charge in [-0.1, -0.05) is 24.3 Å². The van der Waals surface area contributed by atoms with Gasteiger partial charge in [0, 0.05) is 17.5 Å². The minimum Gasteiger partial charge on any atom is -0.322 e. The molecular weight excluding hydrogens is 397 g/mol. The van der Waals surface area contributed by atoms with Crippen LogP contribution in [0.4, 0.5) is 5.82 Å². The first kappa shape index (κ1) is 20.0. The summed E-state index contributed by atoms with van der Waals surface area (Å²) < 4.78 is 27.1. The summed E-state index contributed by atoms with van der Waals surface area (Å²) in [7, 11) is -3.73. The number of hydrogen-bond acceptors (Lipinski definition) is 4. The Morgan fingerprint density at radius 1 is 1.04 bits per heavy atom. The highest BCUT2D eigenvalue weighted by Gasteiger charge is 2.14. The minimum atomic E-state index is -3.73. The maximum Gasteiger partial charge on any atom is 0.263 e. The summed E-state index contributed by atoms with van der Waals surface area (Å²) in [5.74, 6) is 0.374. The van der Waals surface area contributed by atoms with E-state index in [2.05, 4.69) is 14.7 Å². The van der Waals surface area contributed by atoms with Crippen molar-refractivity contribution in [2.24, 2.45) is 0 Å². The van der Waals surface area contributed by atoms with Crippen LogP contribution in [0, 0.1) is 0 Å². The number of nitrogens with one attached hydrogen (secondary N) is 2. The van der Waals surface area contributed by atoms with Crippen LogP contribution in [0.5, 0.6) is 0 Å². The van der Waals surface area contributed by atoms with Gasteiger partial charge >= 0.3 is 0 Å². The predicted molar refractivity (Wildman–Crippen MR) is 104 cm³/mol. The number of aromatic amines is 1. The summed E-state index contributed by atoms with van der Waals surface area (Å²) in [6, 6.07) is 14.5. The van der Waals surface area contributed by atoms with E-state index in [0.717, 1.165) is 0 Å². The van der Waals surface area contributed by atoms with Crippen LogP contribution in [-0.4, -0.2) is 18.4 Å². The summed E-state index contributed by atoms with van der Waals surface area (Å²) in [5, 5.41) is 0. The van der Waals surface area contributed by atoms with Crippen molar-refractivity contribution in [1.29, 1.82) is 0 Å². The van der Waals surface area contributed by atoms with Crippen molar-refractivity contribution in [1.82, 2.24) is 9.97 Å². The Morgan fingerprint density at radius 3 is 2.35 bits per heavy atom. The third-order valence-corrected chi connectivity index (χ3v) is 5.17. The van der Waals surface area contributed by atoms with Gasteiger partial charge in [0.2, 0.25) is 0 Å². The van der Waals surface area contributed by atoms with Gasteiger partial charge in [-0.2, -0.15) is 0 Å². The van der Waals surface area contributed by atoms with Gasteiger partial charge in [-0.25, -0.2) is 13.4 Å². The van der Waals surface area contributed by atoms with E-state index in [1.807, 2.05) is 0 Å². The lowest BCUT2D eigenvalue weighted by atomic mass is 10.1. The van der Waals surface area contributed by atoms with E-state index in [0.29, 0.717) is 16.8 Å². The van der Waals surface area contributed by atoms with Crippen molar-refractivity contribution in [2.75, 3.05) is 4.72 Å². The molecular formula is C17H15Cl2N3O3S. The molecule has 0 unspecified atom stereocenters. The average Bonchev–Trinajstić information content (AvgIpc) is 2.62. The minimum absolute atomic E-state index is 0. The fourth-order valence-electron chi connectivity index (χ4n) is 2.21. The number of rotatable bonds is 5. The molecule has 0 aliphatic heterocycles. The number of H-pyrrole nitrogens is 1. The number of pyridine rings is 2. The van der Waals surface area contributed by atoms with Crippen molar-refractivity contribution in [3.05, 3.63) is 76.7 Å². The van der Waals surface area contributed by atoms with E-state index in [-0.39, 0.29) is 34.6 Å². The van der Waals surface area contributed by atoms with Crippen LogP contribution < -0.4 is 10.3 Å². The zero-order valence-corrected chi connectivity index (χ0v) is 15.7. The molecule has 26 heavy (non-hydrogen) atoms. The molecule has 0 aliphatic carbocycles. The number of alkyl halides is 1. The predicted octanol–water partition coefficient (Wildman–Crippen LogP) is 3.40. The highest BCUT2D eigenvalue weighted by molar-refractivity contribution is 7.92.